The summed E-state index contributed by atoms with van der Waals surface area (Å²) in [5.41, 5.74) is 0.0309. The van der Waals surface area contributed by atoms with Gasteiger partial charge in [0.25, 0.3) is 5.69 Å². The lowest BCUT2D eigenvalue weighted by molar-refractivity contribution is -0.385. The fraction of sp³-hybridized carbons (Fsp3) is 0. The Morgan fingerprint density at radius 1 is 1.44 bits per heavy atom. The van der Waals surface area contributed by atoms with Crippen molar-refractivity contribution in [2.75, 3.05) is 0 Å². The molecule has 0 saturated heterocycles. The summed E-state index contributed by atoms with van der Waals surface area (Å²) in [7, 11) is 0. The highest BCUT2D eigenvalue weighted by Crippen LogP contribution is 2.26. The molecule has 0 aliphatic rings. The molecule has 1 aromatic carbocycles. The van der Waals surface area contributed by atoms with Crippen LogP contribution in [0.4, 0.5) is 5.69 Å². The Morgan fingerprint density at radius 3 is 2.75 bits per heavy atom. The Kier molecular flexibility index (Phi) is 2.61. The largest absolute Gasteiger partial charge is 0.330 e. The number of hydrogen-bond acceptors (Lipinski definition) is 3. The van der Waals surface area contributed by atoms with Gasteiger partial charge in [0.1, 0.15) is 0 Å². The number of imidazole rings is 1. The van der Waals surface area contributed by atoms with Gasteiger partial charge in [0, 0.05) is 18.5 Å². The molecular formula is C9H6BrN3O3. The number of rotatable bonds is 2. The van der Waals surface area contributed by atoms with E-state index in [9.17, 15) is 14.9 Å². The maximum atomic E-state index is 11.3. The molecule has 7 heteroatoms. The lowest BCUT2D eigenvalue weighted by Gasteiger charge is -2.01. The van der Waals surface area contributed by atoms with E-state index in [4.69, 9.17) is 0 Å². The molecule has 0 amide bonds. The molecule has 1 N–H and O–H groups in total. The van der Waals surface area contributed by atoms with Crippen LogP contribution in [0.25, 0.3) is 5.69 Å². The van der Waals surface area contributed by atoms with Crippen LogP contribution in [0, 0.1) is 10.1 Å². The van der Waals surface area contributed by atoms with Crippen LogP contribution >= 0.6 is 15.9 Å². The summed E-state index contributed by atoms with van der Waals surface area (Å²) in [6, 6.07) is 4.48. The SMILES string of the molecule is O=c1[nH]ccn1-c1ccc(Br)c([N+](=O)[O-])c1. The normalized spacial score (nSPS) is 10.3. The standard InChI is InChI=1S/C9H6BrN3O3/c10-7-2-1-6(5-8(7)13(15)16)12-4-3-11-9(12)14/h1-5H,(H,11,14). The van der Waals surface area contributed by atoms with Gasteiger partial charge in [0.15, 0.2) is 0 Å². The average Bonchev–Trinajstić information content (AvgIpc) is 2.65. The van der Waals surface area contributed by atoms with Crippen molar-refractivity contribution >= 4 is 21.6 Å². The molecule has 2 rings (SSSR count). The zero-order valence-corrected chi connectivity index (χ0v) is 9.47. The highest BCUT2D eigenvalue weighted by Gasteiger charge is 2.13. The highest BCUT2D eigenvalue weighted by molar-refractivity contribution is 9.10. The van der Waals surface area contributed by atoms with Crippen LogP contribution in [0.1, 0.15) is 0 Å². The minimum Gasteiger partial charge on any atom is -0.312 e. The topological polar surface area (TPSA) is 80.9 Å². The minimum absolute atomic E-state index is 0.0781. The second-order valence-corrected chi connectivity index (χ2v) is 3.88. The molecule has 0 spiro atoms. The Balaban J connectivity index is 2.61. The molecule has 0 aliphatic heterocycles. The van der Waals surface area contributed by atoms with Gasteiger partial charge in [0.05, 0.1) is 15.1 Å². The summed E-state index contributed by atoms with van der Waals surface area (Å²) >= 11 is 3.08. The van der Waals surface area contributed by atoms with E-state index in [1.165, 1.54) is 29.1 Å². The number of nitrogens with one attached hydrogen (secondary N) is 1. The first kappa shape index (κ1) is 10.6. The lowest BCUT2D eigenvalue weighted by atomic mass is 10.3. The molecule has 0 atom stereocenters. The number of hydrogen-bond donors (Lipinski definition) is 1. The Labute approximate surface area is 97.8 Å². The molecule has 1 heterocycles. The van der Waals surface area contributed by atoms with Crippen LogP contribution in [0.3, 0.4) is 0 Å². The van der Waals surface area contributed by atoms with E-state index in [0.717, 1.165) is 0 Å². The van der Waals surface area contributed by atoms with Gasteiger partial charge in [-0.2, -0.15) is 0 Å². The van der Waals surface area contributed by atoms with Crippen LogP contribution in [0.15, 0.2) is 39.9 Å². The zero-order chi connectivity index (χ0) is 11.7. The molecule has 1 aromatic heterocycles. The van der Waals surface area contributed by atoms with E-state index < -0.39 is 4.92 Å². The molecule has 2 aromatic rings. The van der Waals surface area contributed by atoms with Crippen molar-refractivity contribution in [1.29, 1.82) is 0 Å². The smallest absolute Gasteiger partial charge is 0.312 e. The Bertz CT molecular complexity index is 602. The van der Waals surface area contributed by atoms with E-state index in [1.807, 2.05) is 0 Å². The van der Waals surface area contributed by atoms with Gasteiger partial charge in [0.2, 0.25) is 0 Å². The molecule has 0 bridgehead atoms. The lowest BCUT2D eigenvalue weighted by Crippen LogP contribution is -2.14. The van der Waals surface area contributed by atoms with Crippen LogP contribution in [-0.2, 0) is 0 Å². The number of nitro groups is 1. The highest BCUT2D eigenvalue weighted by atomic mass is 79.9. The number of halogens is 1. The molecule has 0 radical (unpaired) electrons. The third kappa shape index (κ3) is 1.76. The first-order valence-electron chi connectivity index (χ1n) is 4.30. The van der Waals surface area contributed by atoms with E-state index in [0.29, 0.717) is 10.2 Å². The van der Waals surface area contributed by atoms with Gasteiger partial charge in [-0.05, 0) is 28.1 Å². The van der Waals surface area contributed by atoms with Gasteiger partial charge in [-0.15, -0.1) is 0 Å². The van der Waals surface area contributed by atoms with Crippen molar-refractivity contribution in [1.82, 2.24) is 9.55 Å². The summed E-state index contributed by atoms with van der Waals surface area (Å²) in [6.07, 6.45) is 2.98. The maximum absolute atomic E-state index is 11.3. The minimum atomic E-state index is -0.509. The zero-order valence-electron chi connectivity index (χ0n) is 7.88. The molecule has 16 heavy (non-hydrogen) atoms. The average molecular weight is 284 g/mol. The van der Waals surface area contributed by atoms with E-state index >= 15 is 0 Å². The number of aromatic amines is 1. The van der Waals surface area contributed by atoms with Gasteiger partial charge in [-0.3, -0.25) is 14.7 Å². The summed E-state index contributed by atoms with van der Waals surface area (Å²) < 4.78 is 1.67. The first-order chi connectivity index (χ1) is 7.59. The van der Waals surface area contributed by atoms with Gasteiger partial charge < -0.3 is 4.98 Å². The van der Waals surface area contributed by atoms with Crippen molar-refractivity contribution in [3.8, 4) is 5.69 Å². The van der Waals surface area contributed by atoms with Crippen molar-refractivity contribution in [2.45, 2.75) is 0 Å². The van der Waals surface area contributed by atoms with E-state index in [2.05, 4.69) is 20.9 Å². The second kappa shape index (κ2) is 3.93. The third-order valence-electron chi connectivity index (χ3n) is 2.05. The van der Waals surface area contributed by atoms with E-state index in [-0.39, 0.29) is 11.4 Å². The molecular weight excluding hydrogens is 278 g/mol. The van der Waals surface area contributed by atoms with Crippen LogP contribution in [0.2, 0.25) is 0 Å². The van der Waals surface area contributed by atoms with Gasteiger partial charge in [-0.1, -0.05) is 0 Å². The predicted molar refractivity (Wildman–Crippen MR) is 60.7 cm³/mol. The fourth-order valence-corrected chi connectivity index (χ4v) is 1.71. The number of benzene rings is 1. The number of aromatic nitrogens is 2. The summed E-state index contributed by atoms with van der Waals surface area (Å²) in [6.45, 7) is 0. The van der Waals surface area contributed by atoms with Gasteiger partial charge >= 0.3 is 5.69 Å². The molecule has 0 saturated carbocycles. The maximum Gasteiger partial charge on any atom is 0.330 e. The fourth-order valence-electron chi connectivity index (χ4n) is 1.31. The van der Waals surface area contributed by atoms with Crippen LogP contribution in [0.5, 0.6) is 0 Å². The number of nitro benzene ring substituents is 1. The predicted octanol–water partition coefficient (Wildman–Crippen LogP) is 1.84. The molecule has 0 aliphatic carbocycles. The van der Waals surface area contributed by atoms with Crippen molar-refractivity contribution < 1.29 is 4.92 Å². The Hall–Kier alpha value is -1.89. The third-order valence-corrected chi connectivity index (χ3v) is 2.72. The number of H-pyrrole nitrogens is 1. The second-order valence-electron chi connectivity index (χ2n) is 3.03. The van der Waals surface area contributed by atoms with Crippen LogP contribution < -0.4 is 5.69 Å². The molecule has 6 nitrogen and oxygen atoms in total. The van der Waals surface area contributed by atoms with Crippen LogP contribution in [-0.4, -0.2) is 14.5 Å². The number of nitrogens with zero attached hydrogens (tertiary/aromatic N) is 2. The van der Waals surface area contributed by atoms with Crippen molar-refractivity contribution in [2.24, 2.45) is 0 Å². The summed E-state index contributed by atoms with van der Waals surface area (Å²) in [4.78, 5) is 24.0. The summed E-state index contributed by atoms with van der Waals surface area (Å²) in [5, 5.41) is 10.7. The van der Waals surface area contributed by atoms with Crippen molar-refractivity contribution in [3.05, 3.63) is 55.7 Å². The summed E-state index contributed by atoms with van der Waals surface area (Å²) in [5.74, 6) is 0. The molecule has 0 unspecified atom stereocenters. The Morgan fingerprint density at radius 2 is 2.19 bits per heavy atom. The van der Waals surface area contributed by atoms with Gasteiger partial charge in [-0.25, -0.2) is 4.79 Å². The first-order valence-corrected chi connectivity index (χ1v) is 5.09. The molecule has 82 valence electrons. The quantitative estimate of drug-likeness (QED) is 0.674. The van der Waals surface area contributed by atoms with E-state index in [1.54, 1.807) is 6.07 Å². The monoisotopic (exact) mass is 283 g/mol. The van der Waals surface area contributed by atoms with Crippen molar-refractivity contribution in [3.63, 3.8) is 0 Å². The molecule has 0 fully saturated rings.